The van der Waals surface area contributed by atoms with E-state index in [0.29, 0.717) is 10.7 Å². The van der Waals surface area contributed by atoms with Crippen LogP contribution >= 0.6 is 11.6 Å². The third-order valence-electron chi connectivity index (χ3n) is 5.33. The molecule has 0 aliphatic carbocycles. The van der Waals surface area contributed by atoms with E-state index < -0.39 is 11.7 Å². The van der Waals surface area contributed by atoms with Crippen LogP contribution in [-0.4, -0.2) is 18.0 Å². The molecule has 0 bridgehead atoms. The molecular formula is C25H25ClFN3O. The average Bonchev–Trinajstić information content (AvgIpc) is 2.71. The highest BCUT2D eigenvalue weighted by Gasteiger charge is 2.31. The fourth-order valence-electron chi connectivity index (χ4n) is 3.91. The highest BCUT2D eigenvalue weighted by molar-refractivity contribution is 6.34. The number of nitrogens with one attached hydrogen (secondary N) is 1. The fourth-order valence-corrected chi connectivity index (χ4v) is 4.10. The number of carbonyl (C=O) groups excluding carboxylic acids is 1. The number of allylic oxidation sites excluding steroid dienone is 1. The number of anilines is 2. The second kappa shape index (κ2) is 8.95. The first-order valence-electron chi connectivity index (χ1n) is 10.2. The molecule has 0 unspecified atom stereocenters. The number of rotatable bonds is 5. The molecule has 4 nitrogen and oxygen atoms in total. The topological polar surface area (TPSA) is 56.1 Å². The van der Waals surface area contributed by atoms with Crippen molar-refractivity contribution < 1.29 is 9.18 Å². The van der Waals surface area contributed by atoms with Crippen molar-refractivity contribution >= 4 is 40.5 Å². The van der Waals surface area contributed by atoms with Crippen LogP contribution in [0.2, 0.25) is 5.02 Å². The maximum Gasteiger partial charge on any atom is 0.266 e. The van der Waals surface area contributed by atoms with Gasteiger partial charge in [0.05, 0.1) is 16.2 Å². The van der Waals surface area contributed by atoms with Crippen molar-refractivity contribution in [3.63, 3.8) is 0 Å². The number of amides is 1. The molecule has 0 spiro atoms. The van der Waals surface area contributed by atoms with E-state index in [0.717, 1.165) is 29.8 Å². The number of carbonyl (C=O) groups is 1. The zero-order valence-corrected chi connectivity index (χ0v) is 18.8. The number of fused-ring (bicyclic) bond motifs is 1. The fraction of sp³-hybridized carbons (Fsp3) is 0.280. The molecule has 0 saturated heterocycles. The van der Waals surface area contributed by atoms with E-state index in [4.69, 9.17) is 11.6 Å². The summed E-state index contributed by atoms with van der Waals surface area (Å²) in [5.41, 5.74) is 2.88. The normalized spacial score (nSPS) is 15.1. The lowest BCUT2D eigenvalue weighted by atomic mass is 9.87. The first-order valence-corrected chi connectivity index (χ1v) is 10.5. The summed E-state index contributed by atoms with van der Waals surface area (Å²) in [6.07, 6.45) is 4.37. The van der Waals surface area contributed by atoms with Gasteiger partial charge in [0.1, 0.15) is 17.5 Å². The van der Waals surface area contributed by atoms with Gasteiger partial charge in [-0.05, 0) is 63.1 Å². The maximum absolute atomic E-state index is 15.1. The number of hydrogen-bond acceptors (Lipinski definition) is 3. The Bertz CT molecular complexity index is 1130. The highest BCUT2D eigenvalue weighted by atomic mass is 35.5. The van der Waals surface area contributed by atoms with Crippen LogP contribution in [-0.2, 0) is 4.79 Å². The van der Waals surface area contributed by atoms with Crippen LogP contribution in [0.5, 0.6) is 0 Å². The van der Waals surface area contributed by atoms with Crippen LogP contribution in [0.1, 0.15) is 45.2 Å². The molecule has 0 fully saturated rings. The molecule has 31 heavy (non-hydrogen) atoms. The van der Waals surface area contributed by atoms with Gasteiger partial charge in [0, 0.05) is 23.4 Å². The molecule has 1 aliphatic rings. The lowest BCUT2D eigenvalue weighted by Crippen LogP contribution is -2.45. The van der Waals surface area contributed by atoms with Gasteiger partial charge in [0.15, 0.2) is 0 Å². The molecule has 160 valence electrons. The van der Waals surface area contributed by atoms with Crippen LogP contribution in [0, 0.1) is 17.1 Å². The number of benzene rings is 2. The molecule has 1 amide bonds. The molecule has 1 heterocycles. The third kappa shape index (κ3) is 4.65. The summed E-state index contributed by atoms with van der Waals surface area (Å²) < 4.78 is 15.1. The van der Waals surface area contributed by atoms with Gasteiger partial charge in [-0.3, -0.25) is 4.79 Å². The zero-order chi connectivity index (χ0) is 22.8. The minimum absolute atomic E-state index is 0.188. The monoisotopic (exact) mass is 437 g/mol. The van der Waals surface area contributed by atoms with Gasteiger partial charge in [0.2, 0.25) is 0 Å². The first kappa shape index (κ1) is 22.6. The molecule has 3 rings (SSSR count). The van der Waals surface area contributed by atoms with E-state index in [2.05, 4.69) is 37.1 Å². The van der Waals surface area contributed by atoms with Gasteiger partial charge in [-0.2, -0.15) is 5.26 Å². The number of hydrogen-bond donors (Lipinski definition) is 1. The van der Waals surface area contributed by atoms with Crippen molar-refractivity contribution in [1.29, 1.82) is 5.26 Å². The van der Waals surface area contributed by atoms with Gasteiger partial charge in [-0.25, -0.2) is 4.39 Å². The Morgan fingerprint density at radius 2 is 2.03 bits per heavy atom. The number of halogens is 2. The van der Waals surface area contributed by atoms with Crippen molar-refractivity contribution in [2.24, 2.45) is 0 Å². The largest absolute Gasteiger partial charge is 0.362 e. The van der Waals surface area contributed by atoms with Gasteiger partial charge < -0.3 is 10.2 Å². The standard InChI is InChI=1S/C25H25ClFN3O/c1-5-10-30-23-13-21(27)17(12-19(23)16(2)14-25(30,3)4)11-18(15-28)24(31)29-22-9-7-6-8-20(22)26/h6-9,11-14H,5,10H2,1-4H3,(H,29,31)/b18-11+. The highest BCUT2D eigenvalue weighted by Crippen LogP contribution is 2.40. The van der Waals surface area contributed by atoms with Gasteiger partial charge in [-0.1, -0.05) is 36.7 Å². The third-order valence-corrected chi connectivity index (χ3v) is 5.66. The minimum atomic E-state index is -0.645. The van der Waals surface area contributed by atoms with Crippen molar-refractivity contribution in [2.45, 2.75) is 39.7 Å². The van der Waals surface area contributed by atoms with Gasteiger partial charge in [-0.15, -0.1) is 0 Å². The lowest BCUT2D eigenvalue weighted by Gasteiger charge is -2.43. The van der Waals surface area contributed by atoms with E-state index in [1.54, 1.807) is 30.3 Å². The van der Waals surface area contributed by atoms with Crippen LogP contribution in [0.3, 0.4) is 0 Å². The van der Waals surface area contributed by atoms with Crippen molar-refractivity contribution in [3.8, 4) is 6.07 Å². The van der Waals surface area contributed by atoms with E-state index in [1.807, 2.05) is 13.0 Å². The van der Waals surface area contributed by atoms with E-state index in [9.17, 15) is 10.1 Å². The van der Waals surface area contributed by atoms with Crippen LogP contribution in [0.25, 0.3) is 11.6 Å². The zero-order valence-electron chi connectivity index (χ0n) is 18.1. The molecule has 0 atom stereocenters. The summed E-state index contributed by atoms with van der Waals surface area (Å²) in [5.74, 6) is -1.13. The summed E-state index contributed by atoms with van der Waals surface area (Å²) in [5, 5.41) is 12.5. The molecule has 2 aromatic rings. The predicted octanol–water partition coefficient (Wildman–Crippen LogP) is 6.44. The average molecular weight is 438 g/mol. The Morgan fingerprint density at radius 3 is 2.68 bits per heavy atom. The molecule has 0 aromatic heterocycles. The van der Waals surface area contributed by atoms with Crippen molar-refractivity contribution in [3.05, 3.63) is 70.0 Å². The Hall–Kier alpha value is -3.10. The minimum Gasteiger partial charge on any atom is -0.362 e. The summed E-state index contributed by atoms with van der Waals surface area (Å²) in [6.45, 7) is 9.08. The maximum atomic E-state index is 15.1. The molecule has 1 N–H and O–H groups in total. The molecule has 1 aliphatic heterocycles. The van der Waals surface area contributed by atoms with Gasteiger partial charge >= 0.3 is 0 Å². The SMILES string of the molecule is CCCN1c2cc(F)c(/C=C(\C#N)C(=O)Nc3ccccc3Cl)cc2C(C)=CC1(C)C. The summed E-state index contributed by atoms with van der Waals surface area (Å²) in [4.78, 5) is 14.8. The summed E-state index contributed by atoms with van der Waals surface area (Å²) in [7, 11) is 0. The quantitative estimate of drug-likeness (QED) is 0.432. The smallest absolute Gasteiger partial charge is 0.266 e. The predicted molar refractivity (Wildman–Crippen MR) is 125 cm³/mol. The number of nitrogens with zero attached hydrogens (tertiary/aromatic N) is 2. The van der Waals surface area contributed by atoms with Crippen LogP contribution in [0.4, 0.5) is 15.8 Å². The Morgan fingerprint density at radius 1 is 1.32 bits per heavy atom. The van der Waals surface area contributed by atoms with E-state index in [1.165, 1.54) is 12.1 Å². The number of nitriles is 1. The number of para-hydroxylation sites is 1. The molecular weight excluding hydrogens is 413 g/mol. The summed E-state index contributed by atoms with van der Waals surface area (Å²) >= 11 is 6.07. The van der Waals surface area contributed by atoms with E-state index >= 15 is 4.39 Å². The van der Waals surface area contributed by atoms with Crippen LogP contribution < -0.4 is 10.2 Å². The Balaban J connectivity index is 2.01. The Labute approximate surface area is 187 Å². The first-order chi connectivity index (χ1) is 14.7. The molecule has 2 aromatic carbocycles. The summed E-state index contributed by atoms with van der Waals surface area (Å²) in [6, 6.07) is 11.8. The molecule has 0 saturated carbocycles. The second-order valence-electron chi connectivity index (χ2n) is 8.13. The van der Waals surface area contributed by atoms with Gasteiger partial charge in [0.25, 0.3) is 5.91 Å². The lowest BCUT2D eigenvalue weighted by molar-refractivity contribution is -0.112. The van der Waals surface area contributed by atoms with E-state index in [-0.39, 0.29) is 16.7 Å². The molecule has 0 radical (unpaired) electrons. The Kier molecular flexibility index (Phi) is 6.52. The van der Waals surface area contributed by atoms with Crippen LogP contribution in [0.15, 0.2) is 48.0 Å². The molecule has 6 heteroatoms. The second-order valence-corrected chi connectivity index (χ2v) is 8.53. The van der Waals surface area contributed by atoms with Crippen molar-refractivity contribution in [2.75, 3.05) is 16.8 Å². The van der Waals surface area contributed by atoms with Crippen molar-refractivity contribution in [1.82, 2.24) is 0 Å².